The lowest BCUT2D eigenvalue weighted by molar-refractivity contribution is 0.0602. The Kier molecular flexibility index (Phi) is 3.93. The van der Waals surface area contributed by atoms with E-state index in [0.717, 1.165) is 11.3 Å². The molecule has 100 valence electrons. The number of ether oxygens (including phenoxy) is 1. The van der Waals surface area contributed by atoms with Gasteiger partial charge in [-0.1, -0.05) is 30.3 Å². The van der Waals surface area contributed by atoms with Crippen molar-refractivity contribution in [3.05, 3.63) is 40.6 Å². The fraction of sp³-hybridized carbons (Fsp3) is 0.0833. The molecule has 1 aromatic carbocycles. The van der Waals surface area contributed by atoms with E-state index >= 15 is 0 Å². The Balaban J connectivity index is 2.71. The summed E-state index contributed by atoms with van der Waals surface area (Å²) in [7, 11) is 2.58. The molecule has 0 amide bonds. The van der Waals surface area contributed by atoms with Gasteiger partial charge in [-0.15, -0.1) is 11.3 Å². The first-order chi connectivity index (χ1) is 8.95. The second-order valence-electron chi connectivity index (χ2n) is 3.60. The number of hydrogen-bond acceptors (Lipinski definition) is 5. The normalized spacial score (nSPS) is 11.3. The Morgan fingerprint density at radius 1 is 1.26 bits per heavy atom. The smallest absolute Gasteiger partial charge is 0.349 e. The summed E-state index contributed by atoms with van der Waals surface area (Å²) in [5.74, 6) is -0.716. The predicted octanol–water partition coefficient (Wildman–Crippen LogP) is 3.13. The molecule has 2 aromatic rings. The molecule has 0 saturated heterocycles. The van der Waals surface area contributed by atoms with E-state index in [0.29, 0.717) is 11.1 Å². The van der Waals surface area contributed by atoms with Crippen LogP contribution in [-0.2, 0) is 13.8 Å². The molecule has 1 heterocycles. The molecule has 0 fully saturated rings. The molecule has 0 atom stereocenters. The van der Waals surface area contributed by atoms with E-state index in [1.54, 1.807) is 29.6 Å². The summed E-state index contributed by atoms with van der Waals surface area (Å²) in [5, 5.41) is 1.58. The van der Waals surface area contributed by atoms with Crippen LogP contribution in [0, 0.1) is 0 Å². The van der Waals surface area contributed by atoms with Crippen molar-refractivity contribution in [2.24, 2.45) is 0 Å². The van der Waals surface area contributed by atoms with Crippen LogP contribution in [0.5, 0.6) is 0 Å². The monoisotopic (exact) mass is 316 g/mol. The summed E-state index contributed by atoms with van der Waals surface area (Å²) in [6.45, 7) is 0. The zero-order valence-corrected chi connectivity index (χ0v) is 12.2. The number of benzene rings is 1. The SMILES string of the molecule is COC(=O)c1scc(-c2ccccc2)c1S(=O)(=O)Cl. The lowest BCUT2D eigenvalue weighted by Gasteiger charge is -2.03. The minimum Gasteiger partial charge on any atom is -0.465 e. The van der Waals surface area contributed by atoms with Gasteiger partial charge in [0.15, 0.2) is 0 Å². The highest BCUT2D eigenvalue weighted by atomic mass is 35.7. The molecule has 0 N–H and O–H groups in total. The lowest BCUT2D eigenvalue weighted by Crippen LogP contribution is -2.04. The fourth-order valence-electron chi connectivity index (χ4n) is 1.64. The zero-order chi connectivity index (χ0) is 14.0. The minimum absolute atomic E-state index is 0.0173. The first kappa shape index (κ1) is 14.0. The van der Waals surface area contributed by atoms with Crippen molar-refractivity contribution in [2.45, 2.75) is 4.90 Å². The van der Waals surface area contributed by atoms with E-state index in [9.17, 15) is 13.2 Å². The summed E-state index contributed by atoms with van der Waals surface area (Å²) in [4.78, 5) is 11.4. The molecule has 0 bridgehead atoms. The number of hydrogen-bond donors (Lipinski definition) is 0. The largest absolute Gasteiger partial charge is 0.465 e. The molecular formula is C12H9ClO4S2. The summed E-state index contributed by atoms with van der Waals surface area (Å²) < 4.78 is 28.0. The molecule has 0 aliphatic heterocycles. The van der Waals surface area contributed by atoms with Crippen molar-refractivity contribution in [3.63, 3.8) is 0 Å². The van der Waals surface area contributed by atoms with E-state index in [4.69, 9.17) is 10.7 Å². The lowest BCUT2D eigenvalue weighted by atomic mass is 10.1. The Morgan fingerprint density at radius 3 is 2.42 bits per heavy atom. The highest BCUT2D eigenvalue weighted by molar-refractivity contribution is 8.14. The standard InChI is InChI=1S/C12H9ClO4S2/c1-17-12(14)10-11(19(13,15)16)9(7-18-10)8-5-3-2-4-6-8/h2-7H,1H3. The Labute approximate surface area is 119 Å². The Bertz CT molecular complexity index is 705. The topological polar surface area (TPSA) is 60.4 Å². The molecule has 0 saturated carbocycles. The van der Waals surface area contributed by atoms with Crippen molar-refractivity contribution < 1.29 is 17.9 Å². The molecule has 4 nitrogen and oxygen atoms in total. The molecule has 2 rings (SSSR count). The van der Waals surface area contributed by atoms with Crippen LogP contribution < -0.4 is 0 Å². The highest BCUT2D eigenvalue weighted by Gasteiger charge is 2.28. The zero-order valence-electron chi connectivity index (χ0n) is 9.79. The third kappa shape index (κ3) is 2.80. The fourth-order valence-corrected chi connectivity index (χ4v) is 4.44. The van der Waals surface area contributed by atoms with Gasteiger partial charge in [0.1, 0.15) is 9.77 Å². The van der Waals surface area contributed by atoms with Crippen LogP contribution in [-0.4, -0.2) is 21.5 Å². The van der Waals surface area contributed by atoms with Gasteiger partial charge < -0.3 is 4.74 Å². The average molecular weight is 317 g/mol. The molecule has 0 unspecified atom stereocenters. The van der Waals surface area contributed by atoms with Gasteiger partial charge in [-0.3, -0.25) is 0 Å². The molecule has 0 spiro atoms. The van der Waals surface area contributed by atoms with E-state index in [1.807, 2.05) is 6.07 Å². The van der Waals surface area contributed by atoms with E-state index < -0.39 is 15.0 Å². The maximum Gasteiger partial charge on any atom is 0.349 e. The number of rotatable bonds is 3. The van der Waals surface area contributed by atoms with Crippen molar-refractivity contribution >= 4 is 37.0 Å². The second kappa shape index (κ2) is 5.32. The van der Waals surface area contributed by atoms with Crippen molar-refractivity contribution in [1.29, 1.82) is 0 Å². The van der Waals surface area contributed by atoms with Gasteiger partial charge in [0, 0.05) is 21.6 Å². The first-order valence-electron chi connectivity index (χ1n) is 5.15. The quantitative estimate of drug-likeness (QED) is 0.645. The number of carbonyl (C=O) groups is 1. The van der Waals surface area contributed by atoms with Crippen LogP contribution in [0.4, 0.5) is 0 Å². The number of thiophene rings is 1. The maximum absolute atomic E-state index is 11.7. The van der Waals surface area contributed by atoms with Gasteiger partial charge in [0.05, 0.1) is 7.11 Å². The number of methoxy groups -OCH3 is 1. The van der Waals surface area contributed by atoms with Gasteiger partial charge >= 0.3 is 5.97 Å². The summed E-state index contributed by atoms with van der Waals surface area (Å²) >= 11 is 0.992. The third-order valence-corrected chi connectivity index (χ3v) is 4.91. The van der Waals surface area contributed by atoms with Crippen molar-refractivity contribution in [2.75, 3.05) is 7.11 Å². The summed E-state index contributed by atoms with van der Waals surface area (Å²) in [6.07, 6.45) is 0. The van der Waals surface area contributed by atoms with Crippen molar-refractivity contribution in [3.8, 4) is 11.1 Å². The van der Waals surface area contributed by atoms with Crippen LogP contribution in [0.1, 0.15) is 9.67 Å². The van der Waals surface area contributed by atoms with Gasteiger partial charge in [-0.05, 0) is 5.56 Å². The molecule has 0 aliphatic carbocycles. The second-order valence-corrected chi connectivity index (χ2v) is 6.99. The van der Waals surface area contributed by atoms with Crippen LogP contribution in [0.2, 0.25) is 0 Å². The maximum atomic E-state index is 11.7. The van der Waals surface area contributed by atoms with Crippen LogP contribution >= 0.6 is 22.0 Å². The first-order valence-corrected chi connectivity index (χ1v) is 8.34. The van der Waals surface area contributed by atoms with Gasteiger partial charge in [0.2, 0.25) is 0 Å². The summed E-state index contributed by atoms with van der Waals surface area (Å²) in [5.41, 5.74) is 1.08. The van der Waals surface area contributed by atoms with Crippen molar-refractivity contribution in [1.82, 2.24) is 0 Å². The highest BCUT2D eigenvalue weighted by Crippen LogP contribution is 2.37. The molecule has 19 heavy (non-hydrogen) atoms. The van der Waals surface area contributed by atoms with E-state index in [-0.39, 0.29) is 9.77 Å². The molecular weight excluding hydrogens is 308 g/mol. The van der Waals surface area contributed by atoms with Crippen LogP contribution in [0.3, 0.4) is 0 Å². The number of carbonyl (C=O) groups excluding carboxylic acids is 1. The predicted molar refractivity (Wildman–Crippen MR) is 74.1 cm³/mol. The third-order valence-electron chi connectivity index (χ3n) is 2.44. The van der Waals surface area contributed by atoms with E-state index in [1.165, 1.54) is 7.11 Å². The molecule has 1 aromatic heterocycles. The van der Waals surface area contributed by atoms with Gasteiger partial charge in [0.25, 0.3) is 9.05 Å². The van der Waals surface area contributed by atoms with Crippen LogP contribution in [0.15, 0.2) is 40.6 Å². The van der Waals surface area contributed by atoms with Gasteiger partial charge in [-0.2, -0.15) is 0 Å². The molecule has 7 heteroatoms. The summed E-state index contributed by atoms with van der Waals surface area (Å²) in [6, 6.07) is 8.85. The Morgan fingerprint density at radius 2 is 1.89 bits per heavy atom. The van der Waals surface area contributed by atoms with E-state index in [2.05, 4.69) is 4.74 Å². The Hall–Kier alpha value is -1.37. The number of esters is 1. The molecule has 0 aliphatic rings. The minimum atomic E-state index is -4.04. The average Bonchev–Trinajstić information content (AvgIpc) is 2.83. The number of halogens is 1. The van der Waals surface area contributed by atoms with Crippen LogP contribution in [0.25, 0.3) is 11.1 Å². The molecule has 0 radical (unpaired) electrons. The van der Waals surface area contributed by atoms with Gasteiger partial charge in [-0.25, -0.2) is 13.2 Å².